The molecule has 1 atom stereocenters. The molecule has 0 saturated heterocycles. The Bertz CT molecular complexity index is 285. The summed E-state index contributed by atoms with van der Waals surface area (Å²) in [5.41, 5.74) is 0.704. The third-order valence-corrected chi connectivity index (χ3v) is 2.10. The van der Waals surface area contributed by atoms with Crippen molar-refractivity contribution in [3.63, 3.8) is 0 Å². The summed E-state index contributed by atoms with van der Waals surface area (Å²) in [5, 5.41) is 5.91. The zero-order valence-corrected chi connectivity index (χ0v) is 8.58. The molecule has 0 aliphatic carbocycles. The van der Waals surface area contributed by atoms with Crippen LogP contribution < -0.4 is 10.6 Å². The van der Waals surface area contributed by atoms with Crippen molar-refractivity contribution in [3.8, 4) is 0 Å². The van der Waals surface area contributed by atoms with E-state index in [1.807, 2.05) is 32.2 Å². The van der Waals surface area contributed by atoms with Gasteiger partial charge < -0.3 is 10.6 Å². The van der Waals surface area contributed by atoms with Gasteiger partial charge >= 0.3 is 0 Å². The molecule has 2 N–H and O–H groups in total. The molecule has 0 unspecified atom stereocenters. The minimum Gasteiger partial charge on any atom is -0.350 e. The average molecular weight is 192 g/mol. The highest BCUT2D eigenvalue weighted by Gasteiger charge is 2.04. The summed E-state index contributed by atoms with van der Waals surface area (Å²) in [4.78, 5) is 11.5. The van der Waals surface area contributed by atoms with Gasteiger partial charge in [0.25, 0.3) is 5.91 Å². The van der Waals surface area contributed by atoms with E-state index >= 15 is 0 Å². The van der Waals surface area contributed by atoms with Crippen molar-refractivity contribution in [3.05, 3.63) is 35.9 Å². The monoisotopic (exact) mass is 192 g/mol. The highest BCUT2D eigenvalue weighted by Crippen LogP contribution is 1.97. The molecule has 14 heavy (non-hydrogen) atoms. The summed E-state index contributed by atoms with van der Waals surface area (Å²) in [5.74, 6) is -0.0206. The van der Waals surface area contributed by atoms with Crippen LogP contribution in [0.3, 0.4) is 0 Å². The van der Waals surface area contributed by atoms with Crippen molar-refractivity contribution < 1.29 is 4.79 Å². The second kappa shape index (κ2) is 5.40. The van der Waals surface area contributed by atoms with E-state index in [0.717, 1.165) is 0 Å². The Hall–Kier alpha value is -1.35. The van der Waals surface area contributed by atoms with Crippen molar-refractivity contribution >= 4 is 5.91 Å². The van der Waals surface area contributed by atoms with Crippen LogP contribution in [0.2, 0.25) is 0 Å². The molecule has 3 nitrogen and oxygen atoms in total. The van der Waals surface area contributed by atoms with E-state index in [1.165, 1.54) is 0 Å². The molecule has 1 aromatic carbocycles. The maximum atomic E-state index is 11.5. The first kappa shape index (κ1) is 10.7. The van der Waals surface area contributed by atoms with Gasteiger partial charge in [0.1, 0.15) is 0 Å². The van der Waals surface area contributed by atoms with Gasteiger partial charge in [-0.3, -0.25) is 4.79 Å². The van der Waals surface area contributed by atoms with Crippen molar-refractivity contribution in [1.82, 2.24) is 10.6 Å². The Morgan fingerprint density at radius 2 is 2.00 bits per heavy atom. The number of carbonyl (C=O) groups is 1. The largest absolute Gasteiger partial charge is 0.350 e. The fraction of sp³-hybridized carbons (Fsp3) is 0.364. The van der Waals surface area contributed by atoms with Gasteiger partial charge in [0.15, 0.2) is 0 Å². The molecular formula is C11H16N2O. The molecule has 0 fully saturated rings. The molecule has 0 spiro atoms. The summed E-state index contributed by atoms with van der Waals surface area (Å²) in [6.07, 6.45) is 0. The van der Waals surface area contributed by atoms with Crippen LogP contribution in [0.25, 0.3) is 0 Å². The highest BCUT2D eigenvalue weighted by atomic mass is 16.1. The van der Waals surface area contributed by atoms with Crippen molar-refractivity contribution in [2.45, 2.75) is 13.0 Å². The Balaban J connectivity index is 2.44. The fourth-order valence-corrected chi connectivity index (χ4v) is 1.04. The minimum atomic E-state index is -0.0206. The Morgan fingerprint density at radius 1 is 1.36 bits per heavy atom. The summed E-state index contributed by atoms with van der Waals surface area (Å²) in [7, 11) is 1.87. The topological polar surface area (TPSA) is 41.1 Å². The number of hydrogen-bond acceptors (Lipinski definition) is 2. The van der Waals surface area contributed by atoms with Gasteiger partial charge in [0.05, 0.1) is 0 Å². The summed E-state index contributed by atoms with van der Waals surface area (Å²) >= 11 is 0. The van der Waals surface area contributed by atoms with Crippen molar-refractivity contribution in [2.75, 3.05) is 13.6 Å². The number of nitrogens with one attached hydrogen (secondary N) is 2. The highest BCUT2D eigenvalue weighted by molar-refractivity contribution is 5.94. The molecule has 3 heteroatoms. The van der Waals surface area contributed by atoms with E-state index in [4.69, 9.17) is 0 Å². The van der Waals surface area contributed by atoms with Crippen molar-refractivity contribution in [2.24, 2.45) is 0 Å². The van der Waals surface area contributed by atoms with Gasteiger partial charge in [-0.25, -0.2) is 0 Å². The smallest absolute Gasteiger partial charge is 0.251 e. The molecular weight excluding hydrogens is 176 g/mol. The van der Waals surface area contributed by atoms with Gasteiger partial charge in [0.2, 0.25) is 0 Å². The van der Waals surface area contributed by atoms with Crippen LogP contribution in [0.4, 0.5) is 0 Å². The first-order chi connectivity index (χ1) is 6.74. The average Bonchev–Trinajstić information content (AvgIpc) is 2.26. The van der Waals surface area contributed by atoms with Gasteiger partial charge in [-0.1, -0.05) is 18.2 Å². The quantitative estimate of drug-likeness (QED) is 0.748. The fourth-order valence-electron chi connectivity index (χ4n) is 1.04. The summed E-state index contributed by atoms with van der Waals surface area (Å²) < 4.78 is 0. The predicted octanol–water partition coefficient (Wildman–Crippen LogP) is 1.02. The number of amides is 1. The van der Waals surface area contributed by atoms with Crippen molar-refractivity contribution in [1.29, 1.82) is 0 Å². The van der Waals surface area contributed by atoms with E-state index < -0.39 is 0 Å². The van der Waals surface area contributed by atoms with Gasteiger partial charge in [-0.15, -0.1) is 0 Å². The molecule has 0 saturated carbocycles. The molecule has 1 rings (SSSR count). The third-order valence-electron chi connectivity index (χ3n) is 2.10. The van der Waals surface area contributed by atoms with Crippen LogP contribution in [0.15, 0.2) is 30.3 Å². The lowest BCUT2D eigenvalue weighted by atomic mass is 10.2. The first-order valence-electron chi connectivity index (χ1n) is 4.74. The summed E-state index contributed by atoms with van der Waals surface area (Å²) in [6.45, 7) is 2.66. The summed E-state index contributed by atoms with van der Waals surface area (Å²) in [6, 6.07) is 9.51. The van der Waals surface area contributed by atoms with E-state index in [1.54, 1.807) is 12.1 Å². The van der Waals surface area contributed by atoms with Gasteiger partial charge in [-0.05, 0) is 26.1 Å². The standard InChI is InChI=1S/C11H16N2O/c1-9(12-2)8-13-11(14)10-6-4-3-5-7-10/h3-7,9,12H,8H2,1-2H3,(H,13,14)/t9-/m1/s1. The number of hydrogen-bond donors (Lipinski definition) is 2. The first-order valence-corrected chi connectivity index (χ1v) is 4.74. The van der Waals surface area contributed by atoms with Crippen LogP contribution in [0, 0.1) is 0 Å². The van der Waals surface area contributed by atoms with Gasteiger partial charge in [-0.2, -0.15) is 0 Å². The molecule has 1 amide bonds. The maximum Gasteiger partial charge on any atom is 0.251 e. The van der Waals surface area contributed by atoms with E-state index in [2.05, 4.69) is 10.6 Å². The van der Waals surface area contributed by atoms with Crippen LogP contribution in [-0.2, 0) is 0 Å². The van der Waals surface area contributed by atoms with Crippen LogP contribution in [-0.4, -0.2) is 25.5 Å². The Labute approximate surface area is 84.5 Å². The van der Waals surface area contributed by atoms with E-state index in [-0.39, 0.29) is 5.91 Å². The SMILES string of the molecule is CN[C@H](C)CNC(=O)c1ccccc1. The Morgan fingerprint density at radius 3 is 2.57 bits per heavy atom. The zero-order chi connectivity index (χ0) is 10.4. The van der Waals surface area contributed by atoms with E-state index in [0.29, 0.717) is 18.2 Å². The lowest BCUT2D eigenvalue weighted by molar-refractivity contribution is 0.0950. The number of likely N-dealkylation sites (N-methyl/N-ethyl adjacent to an activating group) is 1. The van der Waals surface area contributed by atoms with Crippen LogP contribution in [0.5, 0.6) is 0 Å². The Kier molecular flexibility index (Phi) is 4.13. The molecule has 0 aliphatic rings. The number of rotatable bonds is 4. The zero-order valence-electron chi connectivity index (χ0n) is 8.58. The second-order valence-corrected chi connectivity index (χ2v) is 3.27. The molecule has 0 aromatic heterocycles. The lowest BCUT2D eigenvalue weighted by Crippen LogP contribution is -2.37. The molecule has 76 valence electrons. The van der Waals surface area contributed by atoms with E-state index in [9.17, 15) is 4.79 Å². The number of benzene rings is 1. The lowest BCUT2D eigenvalue weighted by Gasteiger charge is -2.11. The van der Waals surface area contributed by atoms with Crippen LogP contribution >= 0.6 is 0 Å². The third kappa shape index (κ3) is 3.18. The molecule has 0 bridgehead atoms. The molecule has 0 radical (unpaired) electrons. The number of carbonyl (C=O) groups excluding carboxylic acids is 1. The second-order valence-electron chi connectivity index (χ2n) is 3.27. The molecule has 0 heterocycles. The van der Waals surface area contributed by atoms with Gasteiger partial charge in [0, 0.05) is 18.2 Å². The minimum absolute atomic E-state index is 0.0206. The molecule has 1 aromatic rings. The normalized spacial score (nSPS) is 12.1. The van der Waals surface area contributed by atoms with Crippen LogP contribution in [0.1, 0.15) is 17.3 Å². The maximum absolute atomic E-state index is 11.5. The molecule has 0 aliphatic heterocycles. The predicted molar refractivity (Wildman–Crippen MR) is 57.3 cm³/mol.